The molecule has 1 saturated heterocycles. The Morgan fingerprint density at radius 3 is 2.93 bits per heavy atom. The summed E-state index contributed by atoms with van der Waals surface area (Å²) in [5.41, 5.74) is 0. The quantitative estimate of drug-likeness (QED) is 0.702. The first-order valence-electron chi connectivity index (χ1n) is 5.44. The maximum absolute atomic E-state index is 11.5. The maximum atomic E-state index is 11.5. The Hall–Kier alpha value is -0.420. The lowest BCUT2D eigenvalue weighted by molar-refractivity contribution is -0.122. The second-order valence-electron chi connectivity index (χ2n) is 4.04. The standard InChI is InChI=1S/C10H20N2O2S/c1-8(15(2)14)5-7-12-10(13)9-4-3-6-11-9/h8-9,11H,3-7H2,1-2H3,(H,12,13)/t8?,9-,15?/m1/s1. The number of rotatable bonds is 5. The van der Waals surface area contributed by atoms with Crippen LogP contribution in [0, 0.1) is 0 Å². The van der Waals surface area contributed by atoms with E-state index in [2.05, 4.69) is 10.6 Å². The van der Waals surface area contributed by atoms with Crippen LogP contribution in [0.3, 0.4) is 0 Å². The van der Waals surface area contributed by atoms with Gasteiger partial charge < -0.3 is 10.6 Å². The Morgan fingerprint density at radius 1 is 1.67 bits per heavy atom. The van der Waals surface area contributed by atoms with Crippen LogP contribution in [-0.2, 0) is 15.6 Å². The van der Waals surface area contributed by atoms with Crippen molar-refractivity contribution in [3.05, 3.63) is 0 Å². The third kappa shape index (κ3) is 4.30. The van der Waals surface area contributed by atoms with Crippen LogP contribution in [0.4, 0.5) is 0 Å². The van der Waals surface area contributed by atoms with E-state index in [1.807, 2.05) is 6.92 Å². The van der Waals surface area contributed by atoms with Crippen molar-refractivity contribution in [1.82, 2.24) is 10.6 Å². The number of nitrogens with one attached hydrogen (secondary N) is 2. The molecule has 0 aromatic carbocycles. The lowest BCUT2D eigenvalue weighted by Gasteiger charge is -2.12. The molecule has 0 aromatic rings. The fourth-order valence-corrected chi connectivity index (χ4v) is 2.05. The average Bonchev–Trinajstić information content (AvgIpc) is 2.70. The van der Waals surface area contributed by atoms with E-state index in [-0.39, 0.29) is 17.2 Å². The number of hydrogen-bond donors (Lipinski definition) is 2. The Morgan fingerprint density at radius 2 is 2.40 bits per heavy atom. The molecule has 15 heavy (non-hydrogen) atoms. The van der Waals surface area contributed by atoms with Gasteiger partial charge in [0.1, 0.15) is 0 Å². The molecule has 0 spiro atoms. The predicted molar refractivity (Wildman–Crippen MR) is 62.2 cm³/mol. The van der Waals surface area contributed by atoms with Crippen molar-refractivity contribution in [3.63, 3.8) is 0 Å². The minimum Gasteiger partial charge on any atom is -0.355 e. The minimum atomic E-state index is -0.794. The molecule has 0 bridgehead atoms. The Balaban J connectivity index is 2.14. The molecule has 0 radical (unpaired) electrons. The van der Waals surface area contributed by atoms with Gasteiger partial charge in [0.25, 0.3) is 0 Å². The summed E-state index contributed by atoms with van der Waals surface area (Å²) in [6, 6.07) is -0.00701. The van der Waals surface area contributed by atoms with Crippen LogP contribution in [0.25, 0.3) is 0 Å². The van der Waals surface area contributed by atoms with E-state index >= 15 is 0 Å². The van der Waals surface area contributed by atoms with Crippen molar-refractivity contribution in [3.8, 4) is 0 Å². The van der Waals surface area contributed by atoms with E-state index in [1.54, 1.807) is 6.26 Å². The molecule has 2 unspecified atom stereocenters. The molecule has 4 nitrogen and oxygen atoms in total. The molecule has 1 aliphatic rings. The highest BCUT2D eigenvalue weighted by Crippen LogP contribution is 2.04. The largest absolute Gasteiger partial charge is 0.355 e. The number of carbonyl (C=O) groups excluding carboxylic acids is 1. The van der Waals surface area contributed by atoms with Crippen molar-refractivity contribution in [2.75, 3.05) is 19.3 Å². The van der Waals surface area contributed by atoms with Crippen LogP contribution in [0.2, 0.25) is 0 Å². The van der Waals surface area contributed by atoms with Crippen LogP contribution in [0.1, 0.15) is 26.2 Å². The number of hydrogen-bond acceptors (Lipinski definition) is 3. The summed E-state index contributed by atoms with van der Waals surface area (Å²) in [6.07, 6.45) is 4.49. The molecule has 1 aliphatic heterocycles. The van der Waals surface area contributed by atoms with Gasteiger partial charge in [-0.2, -0.15) is 0 Å². The van der Waals surface area contributed by atoms with Gasteiger partial charge in [-0.25, -0.2) is 0 Å². The summed E-state index contributed by atoms with van der Waals surface area (Å²) in [7, 11) is -0.794. The van der Waals surface area contributed by atoms with Crippen LogP contribution < -0.4 is 10.6 Å². The van der Waals surface area contributed by atoms with Gasteiger partial charge in [-0.15, -0.1) is 0 Å². The zero-order valence-corrected chi connectivity index (χ0v) is 10.2. The molecular formula is C10H20N2O2S. The fraction of sp³-hybridized carbons (Fsp3) is 0.900. The van der Waals surface area contributed by atoms with Gasteiger partial charge >= 0.3 is 0 Å². The molecule has 1 fully saturated rings. The number of carbonyl (C=O) groups is 1. The van der Waals surface area contributed by atoms with Crippen molar-refractivity contribution in [2.24, 2.45) is 0 Å². The van der Waals surface area contributed by atoms with Crippen LogP contribution in [0.15, 0.2) is 0 Å². The van der Waals surface area contributed by atoms with Gasteiger partial charge in [-0.3, -0.25) is 9.00 Å². The summed E-state index contributed by atoms with van der Waals surface area (Å²) >= 11 is 0. The molecule has 1 heterocycles. The second kappa shape index (κ2) is 6.23. The Bertz CT molecular complexity index is 240. The zero-order valence-electron chi connectivity index (χ0n) is 9.41. The van der Waals surface area contributed by atoms with Crippen molar-refractivity contribution in [1.29, 1.82) is 0 Å². The first-order valence-corrected chi connectivity index (χ1v) is 7.06. The van der Waals surface area contributed by atoms with Gasteiger partial charge in [-0.1, -0.05) is 6.92 Å². The lowest BCUT2D eigenvalue weighted by atomic mass is 10.2. The Kier molecular flexibility index (Phi) is 5.25. The summed E-state index contributed by atoms with van der Waals surface area (Å²) in [4.78, 5) is 11.5. The average molecular weight is 232 g/mol. The SMILES string of the molecule is CC(CCNC(=O)[C@H]1CCCN1)S(C)=O. The van der Waals surface area contributed by atoms with E-state index in [9.17, 15) is 9.00 Å². The highest BCUT2D eigenvalue weighted by atomic mass is 32.2. The van der Waals surface area contributed by atoms with E-state index in [0.717, 1.165) is 25.8 Å². The highest BCUT2D eigenvalue weighted by Gasteiger charge is 2.21. The third-order valence-electron chi connectivity index (χ3n) is 2.79. The van der Waals surface area contributed by atoms with Gasteiger partial charge in [-0.05, 0) is 25.8 Å². The van der Waals surface area contributed by atoms with Crippen LogP contribution in [-0.4, -0.2) is 40.8 Å². The molecule has 1 amide bonds. The normalized spacial score (nSPS) is 24.8. The van der Waals surface area contributed by atoms with Crippen molar-refractivity contribution < 1.29 is 9.00 Å². The fourth-order valence-electron chi connectivity index (χ4n) is 1.60. The smallest absolute Gasteiger partial charge is 0.237 e. The summed E-state index contributed by atoms with van der Waals surface area (Å²) < 4.78 is 11.1. The monoisotopic (exact) mass is 232 g/mol. The zero-order chi connectivity index (χ0) is 11.3. The topological polar surface area (TPSA) is 58.2 Å². The molecule has 0 aromatic heterocycles. The predicted octanol–water partition coefficient (Wildman–Crippen LogP) is 0.0117. The molecule has 5 heteroatoms. The van der Waals surface area contributed by atoms with Gasteiger partial charge in [0.05, 0.1) is 6.04 Å². The van der Waals surface area contributed by atoms with E-state index in [0.29, 0.717) is 6.54 Å². The molecule has 1 rings (SSSR count). The second-order valence-corrected chi connectivity index (χ2v) is 5.84. The number of amides is 1. The molecule has 0 saturated carbocycles. The summed E-state index contributed by atoms with van der Waals surface area (Å²) in [6.45, 7) is 3.50. The third-order valence-corrected chi connectivity index (χ3v) is 4.16. The van der Waals surface area contributed by atoms with Crippen LogP contribution in [0.5, 0.6) is 0 Å². The highest BCUT2D eigenvalue weighted by molar-refractivity contribution is 7.84. The molecule has 88 valence electrons. The van der Waals surface area contributed by atoms with E-state index in [1.165, 1.54) is 0 Å². The van der Waals surface area contributed by atoms with Gasteiger partial charge in [0, 0.05) is 28.9 Å². The van der Waals surface area contributed by atoms with E-state index in [4.69, 9.17) is 0 Å². The minimum absolute atomic E-state index is 0.00701. The molecule has 3 atom stereocenters. The first-order chi connectivity index (χ1) is 7.11. The molecule has 0 aliphatic carbocycles. The first kappa shape index (κ1) is 12.6. The summed E-state index contributed by atoms with van der Waals surface area (Å²) in [5.74, 6) is 0.0848. The Labute approximate surface area is 93.7 Å². The van der Waals surface area contributed by atoms with Gasteiger partial charge in [0.2, 0.25) is 5.91 Å². The van der Waals surface area contributed by atoms with Crippen molar-refractivity contribution >= 4 is 16.7 Å². The molecular weight excluding hydrogens is 212 g/mol. The summed E-state index contributed by atoms with van der Waals surface area (Å²) in [5, 5.41) is 6.17. The van der Waals surface area contributed by atoms with Crippen LogP contribution >= 0.6 is 0 Å². The van der Waals surface area contributed by atoms with Gasteiger partial charge in [0.15, 0.2) is 0 Å². The maximum Gasteiger partial charge on any atom is 0.237 e. The van der Waals surface area contributed by atoms with Crippen molar-refractivity contribution in [2.45, 2.75) is 37.5 Å². The molecule has 2 N–H and O–H groups in total. The van der Waals surface area contributed by atoms with E-state index < -0.39 is 10.8 Å². The lowest BCUT2D eigenvalue weighted by Crippen LogP contribution is -2.41.